The van der Waals surface area contributed by atoms with Crippen molar-refractivity contribution in [3.05, 3.63) is 64.2 Å². The SMILES string of the molecule is COC(=O)[C@H]1[C@H](c2ccccc2)c2cc(OC)c(Cl)cc2CCN1C. The molecule has 5 heteroatoms. The summed E-state index contributed by atoms with van der Waals surface area (Å²) in [7, 11) is 5.00. The molecule has 25 heavy (non-hydrogen) atoms. The molecule has 0 unspecified atom stereocenters. The maximum absolute atomic E-state index is 12.6. The Bertz CT molecular complexity index is 763. The van der Waals surface area contributed by atoms with Crippen molar-refractivity contribution in [3.8, 4) is 5.75 Å². The van der Waals surface area contributed by atoms with E-state index in [-0.39, 0.29) is 11.9 Å². The molecule has 2 atom stereocenters. The van der Waals surface area contributed by atoms with E-state index in [1.165, 1.54) is 7.11 Å². The number of fused-ring (bicyclic) bond motifs is 1. The number of methoxy groups -OCH3 is 2. The number of benzene rings is 2. The lowest BCUT2D eigenvalue weighted by atomic mass is 9.82. The van der Waals surface area contributed by atoms with Gasteiger partial charge in [0.05, 0.1) is 19.2 Å². The molecule has 2 aromatic carbocycles. The Morgan fingerprint density at radius 3 is 2.56 bits per heavy atom. The maximum Gasteiger partial charge on any atom is 0.324 e. The lowest BCUT2D eigenvalue weighted by Gasteiger charge is -2.31. The third-order valence-corrected chi connectivity index (χ3v) is 5.17. The van der Waals surface area contributed by atoms with Gasteiger partial charge in [-0.15, -0.1) is 0 Å². The zero-order valence-electron chi connectivity index (χ0n) is 14.7. The van der Waals surface area contributed by atoms with Crippen LogP contribution in [-0.4, -0.2) is 44.7 Å². The van der Waals surface area contributed by atoms with Crippen LogP contribution in [-0.2, 0) is 16.0 Å². The maximum atomic E-state index is 12.6. The lowest BCUT2D eigenvalue weighted by Crippen LogP contribution is -2.43. The van der Waals surface area contributed by atoms with Crippen LogP contribution in [0.2, 0.25) is 5.02 Å². The molecule has 0 aliphatic carbocycles. The van der Waals surface area contributed by atoms with Crippen molar-refractivity contribution in [2.45, 2.75) is 18.4 Å². The summed E-state index contributed by atoms with van der Waals surface area (Å²) in [6.45, 7) is 0.749. The number of hydrogen-bond donors (Lipinski definition) is 0. The van der Waals surface area contributed by atoms with Crippen molar-refractivity contribution in [1.29, 1.82) is 0 Å². The molecule has 4 nitrogen and oxygen atoms in total. The molecular formula is C20H22ClNO3. The van der Waals surface area contributed by atoms with Crippen molar-refractivity contribution in [2.24, 2.45) is 0 Å². The fourth-order valence-corrected chi connectivity index (χ4v) is 3.86. The molecular weight excluding hydrogens is 338 g/mol. The Labute approximate surface area is 153 Å². The zero-order chi connectivity index (χ0) is 18.0. The van der Waals surface area contributed by atoms with Crippen molar-refractivity contribution < 1.29 is 14.3 Å². The molecule has 0 spiro atoms. The molecule has 0 N–H and O–H groups in total. The second-order valence-corrected chi connectivity index (χ2v) is 6.68. The molecule has 0 radical (unpaired) electrons. The summed E-state index contributed by atoms with van der Waals surface area (Å²) in [5, 5.41) is 0.590. The Hall–Kier alpha value is -2.04. The quantitative estimate of drug-likeness (QED) is 0.786. The van der Waals surface area contributed by atoms with Crippen molar-refractivity contribution in [3.63, 3.8) is 0 Å². The largest absolute Gasteiger partial charge is 0.495 e. The van der Waals surface area contributed by atoms with Gasteiger partial charge in [-0.25, -0.2) is 0 Å². The van der Waals surface area contributed by atoms with Crippen LogP contribution in [0.5, 0.6) is 5.75 Å². The van der Waals surface area contributed by atoms with E-state index in [9.17, 15) is 4.79 Å². The Morgan fingerprint density at radius 2 is 1.92 bits per heavy atom. The summed E-state index contributed by atoms with van der Waals surface area (Å²) in [4.78, 5) is 14.7. The van der Waals surface area contributed by atoms with Crippen molar-refractivity contribution >= 4 is 17.6 Å². The smallest absolute Gasteiger partial charge is 0.324 e. The van der Waals surface area contributed by atoms with Crippen LogP contribution >= 0.6 is 11.6 Å². The van der Waals surface area contributed by atoms with Gasteiger partial charge in [0.15, 0.2) is 0 Å². The summed E-state index contributed by atoms with van der Waals surface area (Å²) >= 11 is 6.34. The van der Waals surface area contributed by atoms with E-state index >= 15 is 0 Å². The van der Waals surface area contributed by atoms with Crippen LogP contribution in [0.1, 0.15) is 22.6 Å². The minimum absolute atomic E-state index is 0.151. The number of ether oxygens (including phenoxy) is 2. The van der Waals surface area contributed by atoms with E-state index < -0.39 is 6.04 Å². The second kappa shape index (κ2) is 7.46. The number of likely N-dealkylation sites (N-methyl/N-ethyl adjacent to an activating group) is 1. The van der Waals surface area contributed by atoms with E-state index in [0.29, 0.717) is 10.8 Å². The minimum atomic E-state index is -0.403. The van der Waals surface area contributed by atoms with Crippen LogP contribution < -0.4 is 4.74 Å². The van der Waals surface area contributed by atoms with Gasteiger partial charge in [0, 0.05) is 12.5 Å². The molecule has 2 aromatic rings. The molecule has 1 heterocycles. The Kier molecular flexibility index (Phi) is 5.30. The highest BCUT2D eigenvalue weighted by Gasteiger charge is 2.38. The van der Waals surface area contributed by atoms with Crippen molar-refractivity contribution in [1.82, 2.24) is 4.90 Å². The normalized spacial score (nSPS) is 20.5. The molecule has 1 aliphatic heterocycles. The van der Waals surface area contributed by atoms with E-state index in [1.807, 2.05) is 49.5 Å². The van der Waals surface area contributed by atoms with Gasteiger partial charge in [0.25, 0.3) is 0 Å². The predicted molar refractivity (Wildman–Crippen MR) is 98.4 cm³/mol. The fraction of sp³-hybridized carbons (Fsp3) is 0.350. The number of carbonyl (C=O) groups is 1. The molecule has 0 saturated carbocycles. The summed E-state index contributed by atoms with van der Waals surface area (Å²) in [5.74, 6) is 0.231. The van der Waals surface area contributed by atoms with Gasteiger partial charge >= 0.3 is 5.97 Å². The fourth-order valence-electron chi connectivity index (χ4n) is 3.59. The van der Waals surface area contributed by atoms with E-state index in [4.69, 9.17) is 21.1 Å². The third-order valence-electron chi connectivity index (χ3n) is 4.87. The monoisotopic (exact) mass is 359 g/mol. The standard InChI is InChI=1S/C20H22ClNO3/c1-22-10-9-14-11-16(21)17(24-2)12-15(14)18(19(22)20(23)25-3)13-7-5-4-6-8-13/h4-8,11-12,18-19H,9-10H2,1-3H3/t18-,19-/m1/s1. The first-order valence-electron chi connectivity index (χ1n) is 8.26. The number of hydrogen-bond acceptors (Lipinski definition) is 4. The Balaban J connectivity index is 2.23. The van der Waals surface area contributed by atoms with Crippen LogP contribution in [0.25, 0.3) is 0 Å². The van der Waals surface area contributed by atoms with Gasteiger partial charge in [0.2, 0.25) is 0 Å². The summed E-state index contributed by atoms with van der Waals surface area (Å²) in [6, 6.07) is 13.6. The van der Waals surface area contributed by atoms with Gasteiger partial charge < -0.3 is 9.47 Å². The van der Waals surface area contributed by atoms with Crippen molar-refractivity contribution in [2.75, 3.05) is 27.8 Å². The highest BCUT2D eigenvalue weighted by atomic mass is 35.5. The molecule has 132 valence electrons. The van der Waals surface area contributed by atoms with Gasteiger partial charge in [-0.2, -0.15) is 0 Å². The van der Waals surface area contributed by atoms with Crippen LogP contribution in [0, 0.1) is 0 Å². The first-order chi connectivity index (χ1) is 12.1. The first-order valence-corrected chi connectivity index (χ1v) is 8.64. The number of esters is 1. The molecule has 0 aromatic heterocycles. The highest BCUT2D eigenvalue weighted by molar-refractivity contribution is 6.32. The average Bonchev–Trinajstić information content (AvgIpc) is 2.77. The number of halogens is 1. The molecule has 1 aliphatic rings. The van der Waals surface area contributed by atoms with E-state index in [0.717, 1.165) is 29.7 Å². The topological polar surface area (TPSA) is 38.8 Å². The minimum Gasteiger partial charge on any atom is -0.495 e. The lowest BCUT2D eigenvalue weighted by molar-refractivity contribution is -0.146. The van der Waals surface area contributed by atoms with Crippen LogP contribution in [0.4, 0.5) is 0 Å². The number of nitrogens with zero attached hydrogens (tertiary/aromatic N) is 1. The molecule has 0 bridgehead atoms. The van der Waals surface area contributed by atoms with Crippen LogP contribution in [0.15, 0.2) is 42.5 Å². The van der Waals surface area contributed by atoms with E-state index in [2.05, 4.69) is 4.90 Å². The number of carbonyl (C=O) groups excluding carboxylic acids is 1. The van der Waals surface area contributed by atoms with Gasteiger partial charge in [0.1, 0.15) is 11.8 Å². The highest BCUT2D eigenvalue weighted by Crippen LogP contribution is 2.40. The van der Waals surface area contributed by atoms with Gasteiger partial charge in [-0.05, 0) is 42.3 Å². The zero-order valence-corrected chi connectivity index (χ0v) is 15.4. The molecule has 0 amide bonds. The number of rotatable bonds is 3. The third kappa shape index (κ3) is 3.37. The summed E-state index contributed by atoms with van der Waals surface area (Å²) < 4.78 is 10.5. The Morgan fingerprint density at radius 1 is 1.20 bits per heavy atom. The summed E-state index contributed by atoms with van der Waals surface area (Å²) in [6.07, 6.45) is 0.812. The van der Waals surface area contributed by atoms with Gasteiger partial charge in [-0.1, -0.05) is 41.9 Å². The second-order valence-electron chi connectivity index (χ2n) is 6.27. The average molecular weight is 360 g/mol. The van der Waals surface area contributed by atoms with Crippen LogP contribution in [0.3, 0.4) is 0 Å². The first kappa shape index (κ1) is 17.8. The predicted octanol–water partition coefficient (Wildman–Crippen LogP) is 3.51. The van der Waals surface area contributed by atoms with Gasteiger partial charge in [-0.3, -0.25) is 9.69 Å². The summed E-state index contributed by atoms with van der Waals surface area (Å²) in [5.41, 5.74) is 3.27. The molecule has 0 fully saturated rings. The molecule has 3 rings (SSSR count). The van der Waals surface area contributed by atoms with E-state index in [1.54, 1.807) is 7.11 Å². The molecule has 0 saturated heterocycles.